The van der Waals surface area contributed by atoms with Crippen LogP contribution in [0.5, 0.6) is 0 Å². The molecule has 0 radical (unpaired) electrons. The molecule has 1 aromatic heterocycles. The molecule has 1 spiro atoms. The maximum absolute atomic E-state index is 13.3. The predicted molar refractivity (Wildman–Crippen MR) is 155 cm³/mol. The summed E-state index contributed by atoms with van der Waals surface area (Å²) < 4.78 is 31.1. The standard InChI is InChI=1S/C28H33F2N3.CH5NS.CH2O2/c1-19-31-25-13-24(10-11-26(25)32(19)2)22-8-6-21(7-9-22)23-5-3-4-20(12-23)14-33-17-27(18-33)15-28(29,30)16-27;1-2-3;2-1-3/h6-11,13,20,23H,3-5,12,14-18H2,1-2H3;2-3H,1H3;1H,(H,2,3). The highest BCUT2D eigenvalue weighted by Crippen LogP contribution is 2.57. The SMILES string of the molecule is CNS.Cc1nc2cc(-c3ccc(C4CCCC(CN5CC6(C5)CC(F)(F)C6)C4)cc3)ccc2n1C.O=CO. The topological polar surface area (TPSA) is 70.4 Å². The average molecular weight is 559 g/mol. The first-order valence-corrected chi connectivity index (χ1v) is 14.1. The fourth-order valence-electron chi connectivity index (χ4n) is 6.87. The second-order valence-corrected chi connectivity index (χ2v) is 11.9. The summed E-state index contributed by atoms with van der Waals surface area (Å²) >= 11 is 3.54. The van der Waals surface area contributed by atoms with Crippen LogP contribution >= 0.6 is 12.8 Å². The van der Waals surface area contributed by atoms with Crippen molar-refractivity contribution in [2.75, 3.05) is 26.7 Å². The molecule has 3 aliphatic rings. The number of hydrogen-bond acceptors (Lipinski definition) is 5. The van der Waals surface area contributed by atoms with Crippen LogP contribution in [0.3, 0.4) is 0 Å². The molecule has 1 aliphatic heterocycles. The van der Waals surface area contributed by atoms with Crippen molar-refractivity contribution in [1.82, 2.24) is 19.2 Å². The van der Waals surface area contributed by atoms with E-state index >= 15 is 0 Å². The normalized spacial score (nSPS) is 23.0. The minimum absolute atomic E-state index is 0.0512. The Labute approximate surface area is 235 Å². The first kappa shape index (κ1) is 29.5. The Hall–Kier alpha value is -2.49. The molecule has 39 heavy (non-hydrogen) atoms. The van der Waals surface area contributed by atoms with E-state index in [0.29, 0.717) is 11.8 Å². The van der Waals surface area contributed by atoms with Crippen molar-refractivity contribution in [1.29, 1.82) is 0 Å². The van der Waals surface area contributed by atoms with Crippen molar-refractivity contribution < 1.29 is 18.7 Å². The summed E-state index contributed by atoms with van der Waals surface area (Å²) in [6.45, 7) is 4.65. The van der Waals surface area contributed by atoms with E-state index < -0.39 is 5.92 Å². The van der Waals surface area contributed by atoms with Crippen molar-refractivity contribution in [3.05, 3.63) is 53.9 Å². The van der Waals surface area contributed by atoms with Gasteiger partial charge in [0, 0.05) is 44.9 Å². The molecule has 3 fully saturated rings. The Bertz CT molecular complexity index is 1250. The van der Waals surface area contributed by atoms with Crippen LogP contribution in [-0.2, 0) is 11.8 Å². The Kier molecular flexibility index (Phi) is 9.34. The van der Waals surface area contributed by atoms with Gasteiger partial charge in [-0.15, -0.1) is 0 Å². The molecule has 9 heteroatoms. The number of halogens is 2. The molecule has 2 unspecified atom stereocenters. The van der Waals surface area contributed by atoms with Gasteiger partial charge in [0.1, 0.15) is 5.82 Å². The number of thiol groups is 1. The summed E-state index contributed by atoms with van der Waals surface area (Å²) in [4.78, 5) is 15.5. The third-order valence-electron chi connectivity index (χ3n) is 8.50. The quantitative estimate of drug-likeness (QED) is 0.259. The number of alkyl halides is 2. The molecule has 212 valence electrons. The molecule has 6 nitrogen and oxygen atoms in total. The van der Waals surface area contributed by atoms with Crippen LogP contribution in [0.4, 0.5) is 8.78 Å². The van der Waals surface area contributed by atoms with E-state index in [9.17, 15) is 8.78 Å². The molecule has 2 heterocycles. The molecular weight excluding hydrogens is 518 g/mol. The van der Waals surface area contributed by atoms with Crippen LogP contribution in [-0.4, -0.2) is 58.6 Å². The van der Waals surface area contributed by atoms with Gasteiger partial charge in [0.2, 0.25) is 5.92 Å². The molecule has 1 saturated heterocycles. The monoisotopic (exact) mass is 558 g/mol. The molecule has 2 saturated carbocycles. The number of aromatic nitrogens is 2. The number of fused-ring (bicyclic) bond motifs is 1. The van der Waals surface area contributed by atoms with E-state index in [4.69, 9.17) is 9.90 Å². The summed E-state index contributed by atoms with van der Waals surface area (Å²) in [6, 6.07) is 15.7. The predicted octanol–water partition coefficient (Wildman–Crippen LogP) is 6.31. The van der Waals surface area contributed by atoms with Gasteiger partial charge in [-0.25, -0.2) is 13.8 Å². The van der Waals surface area contributed by atoms with Gasteiger partial charge in [-0.3, -0.25) is 9.52 Å². The van der Waals surface area contributed by atoms with E-state index in [1.165, 1.54) is 47.9 Å². The fraction of sp³-hybridized carbons (Fsp3) is 0.533. The molecule has 2 aromatic carbocycles. The zero-order chi connectivity index (χ0) is 28.2. The Morgan fingerprint density at radius 2 is 1.74 bits per heavy atom. The number of hydrogen-bond donors (Lipinski definition) is 3. The molecule has 6 rings (SSSR count). The highest BCUT2D eigenvalue weighted by molar-refractivity contribution is 7.78. The largest absolute Gasteiger partial charge is 0.483 e. The third-order valence-corrected chi connectivity index (χ3v) is 8.50. The maximum atomic E-state index is 13.3. The lowest BCUT2D eigenvalue weighted by atomic mass is 9.61. The van der Waals surface area contributed by atoms with E-state index in [1.807, 2.05) is 6.92 Å². The minimum atomic E-state index is -2.39. The van der Waals surface area contributed by atoms with E-state index in [0.717, 1.165) is 31.0 Å². The van der Waals surface area contributed by atoms with Crippen LogP contribution in [0.2, 0.25) is 0 Å². The number of carbonyl (C=O) groups is 1. The van der Waals surface area contributed by atoms with Crippen molar-refractivity contribution in [2.45, 2.75) is 57.3 Å². The molecular formula is C30H40F2N4O2S. The van der Waals surface area contributed by atoms with Crippen molar-refractivity contribution in [3.8, 4) is 11.1 Å². The zero-order valence-corrected chi connectivity index (χ0v) is 23.9. The van der Waals surface area contributed by atoms with Gasteiger partial charge in [-0.05, 0) is 73.9 Å². The first-order valence-electron chi connectivity index (χ1n) is 13.6. The number of nitrogens with zero attached hydrogens (tertiary/aromatic N) is 3. The lowest BCUT2D eigenvalue weighted by molar-refractivity contribution is -0.215. The van der Waals surface area contributed by atoms with Gasteiger partial charge in [-0.1, -0.05) is 49.6 Å². The lowest BCUT2D eigenvalue weighted by Crippen LogP contribution is -2.66. The molecule has 3 aromatic rings. The summed E-state index contributed by atoms with van der Waals surface area (Å²) in [5.74, 6) is -0.0576. The lowest BCUT2D eigenvalue weighted by Gasteiger charge is -2.59. The van der Waals surface area contributed by atoms with E-state index in [2.05, 4.69) is 81.5 Å². The van der Waals surface area contributed by atoms with Crippen LogP contribution in [0.1, 0.15) is 55.8 Å². The third kappa shape index (κ3) is 6.81. The van der Waals surface area contributed by atoms with Crippen molar-refractivity contribution in [3.63, 3.8) is 0 Å². The summed E-state index contributed by atoms with van der Waals surface area (Å²) in [5, 5.41) is 6.89. The number of likely N-dealkylation sites (tertiary alicyclic amines) is 1. The first-order chi connectivity index (χ1) is 18.6. The van der Waals surface area contributed by atoms with Crippen molar-refractivity contribution >= 4 is 30.3 Å². The molecule has 0 amide bonds. The Morgan fingerprint density at radius 1 is 1.13 bits per heavy atom. The van der Waals surface area contributed by atoms with E-state index in [1.54, 1.807) is 7.05 Å². The number of nitrogens with one attached hydrogen (secondary N) is 1. The summed E-state index contributed by atoms with van der Waals surface area (Å²) in [7, 11) is 3.80. The minimum Gasteiger partial charge on any atom is -0.483 e. The van der Waals surface area contributed by atoms with E-state index in [-0.39, 0.29) is 24.7 Å². The summed E-state index contributed by atoms with van der Waals surface area (Å²) in [5.41, 5.74) is 6.05. The number of aryl methyl sites for hydroxylation is 2. The smallest absolute Gasteiger partial charge is 0.290 e. The molecule has 2 aliphatic carbocycles. The highest BCUT2D eigenvalue weighted by atomic mass is 32.1. The number of carboxylic acid groups (broad SMARTS) is 1. The van der Waals surface area contributed by atoms with Gasteiger partial charge in [0.25, 0.3) is 6.47 Å². The number of rotatable bonds is 4. The van der Waals surface area contributed by atoms with Crippen molar-refractivity contribution in [2.24, 2.45) is 18.4 Å². The van der Waals surface area contributed by atoms with Gasteiger partial charge in [-0.2, -0.15) is 0 Å². The van der Waals surface area contributed by atoms with Gasteiger partial charge in [0.05, 0.1) is 11.0 Å². The number of benzene rings is 2. The second kappa shape index (κ2) is 12.4. The fourth-order valence-corrected chi connectivity index (χ4v) is 6.87. The number of imidazole rings is 1. The Balaban J connectivity index is 0.000000541. The Morgan fingerprint density at radius 3 is 2.36 bits per heavy atom. The maximum Gasteiger partial charge on any atom is 0.290 e. The molecule has 2 atom stereocenters. The van der Waals surface area contributed by atoms with Gasteiger partial charge >= 0.3 is 0 Å². The second-order valence-electron chi connectivity index (χ2n) is 11.5. The van der Waals surface area contributed by atoms with Crippen LogP contribution in [0.25, 0.3) is 22.2 Å². The molecule has 0 bridgehead atoms. The van der Waals surface area contributed by atoms with Crippen LogP contribution in [0, 0.1) is 18.3 Å². The highest BCUT2D eigenvalue weighted by Gasteiger charge is 2.61. The van der Waals surface area contributed by atoms with Gasteiger partial charge in [0.15, 0.2) is 0 Å². The summed E-state index contributed by atoms with van der Waals surface area (Å²) in [6.07, 6.45) is 5.25. The average Bonchev–Trinajstić information content (AvgIpc) is 3.16. The zero-order valence-electron chi connectivity index (χ0n) is 23.0. The molecule has 2 N–H and O–H groups in total. The van der Waals surface area contributed by atoms with Crippen LogP contribution in [0.15, 0.2) is 42.5 Å². The van der Waals surface area contributed by atoms with Crippen LogP contribution < -0.4 is 4.72 Å². The van der Waals surface area contributed by atoms with Gasteiger partial charge < -0.3 is 14.6 Å².